The number of azide groups is 2. The van der Waals surface area contributed by atoms with Gasteiger partial charge in [0.2, 0.25) is 0 Å². The van der Waals surface area contributed by atoms with Crippen molar-refractivity contribution in [1.82, 2.24) is 0 Å². The maximum atomic E-state index is 11.5. The van der Waals surface area contributed by atoms with Gasteiger partial charge in [0.15, 0.2) is 0 Å². The van der Waals surface area contributed by atoms with Crippen molar-refractivity contribution in [2.45, 2.75) is 17.4 Å². The lowest BCUT2D eigenvalue weighted by atomic mass is 10.2. The van der Waals surface area contributed by atoms with E-state index in [1.165, 1.54) is 33.5 Å². The van der Waals surface area contributed by atoms with E-state index in [1.807, 2.05) is 0 Å². The molecule has 0 aromatic heterocycles. The first kappa shape index (κ1) is 23.1. The van der Waals surface area contributed by atoms with E-state index in [4.69, 9.17) is 24.3 Å². The Bertz CT molecular complexity index is 720. The molecule has 25 heavy (non-hydrogen) atoms. The molecule has 0 saturated carbocycles. The van der Waals surface area contributed by atoms with Crippen LogP contribution in [0.3, 0.4) is 0 Å². The van der Waals surface area contributed by atoms with Crippen LogP contribution in [0.1, 0.15) is 5.56 Å². The van der Waals surface area contributed by atoms with E-state index in [0.29, 0.717) is 22.9 Å². The number of benzene rings is 1. The Labute approximate surface area is 150 Å². The molecule has 0 N–H and O–H groups in total. The molecule has 0 atom stereocenters. The number of rotatable bonds is 8. The van der Waals surface area contributed by atoms with Crippen molar-refractivity contribution < 1.29 is 21.7 Å². The normalized spacial score (nSPS) is 10.8. The molecule has 1 rings (SSSR count). The Morgan fingerprint density at radius 3 is 1.92 bits per heavy atom. The minimum absolute atomic E-state index is 0.0437. The molecule has 0 saturated heterocycles. The second-order valence-corrected chi connectivity index (χ2v) is 9.45. The monoisotopic (exact) mass is 404 g/mol. The summed E-state index contributed by atoms with van der Waals surface area (Å²) in [7, 11) is -1.38. The van der Waals surface area contributed by atoms with Crippen LogP contribution in [0.4, 0.5) is 0 Å². The van der Waals surface area contributed by atoms with Crippen LogP contribution >= 0.6 is 0 Å². The third kappa shape index (κ3) is 7.68. The molecule has 0 radical (unpaired) electrons. The van der Waals surface area contributed by atoms with Gasteiger partial charge in [-0.1, -0.05) is 12.1 Å². The Hall–Kier alpha value is -1.90. The lowest BCUT2D eigenvalue weighted by Crippen LogP contribution is -2.43. The Morgan fingerprint density at radius 1 is 1.08 bits per heavy atom. The Kier molecular flexibility index (Phi) is 10.7. The summed E-state index contributed by atoms with van der Waals surface area (Å²) >= 11 is 0. The van der Waals surface area contributed by atoms with Crippen LogP contribution in [-0.2, 0) is 29.7 Å². The minimum Gasteiger partial charge on any atom is -0.377 e. The third-order valence-corrected chi connectivity index (χ3v) is 7.17. The second-order valence-electron chi connectivity index (χ2n) is 4.37. The predicted octanol–water partition coefficient (Wildman–Crippen LogP) is 1.68. The number of hydrogen-bond donors (Lipinski definition) is 0. The first-order valence-corrected chi connectivity index (χ1v) is 11.1. The molecule has 138 valence electrons. The highest BCUT2D eigenvalue weighted by molar-refractivity contribution is 7.90. The van der Waals surface area contributed by atoms with Gasteiger partial charge in [-0.15, -0.1) is 4.78 Å². The SMILES string of the molecule is CO[Si](CCc1ccc(S(=O)(=O)N=[N+]=[N-])cc1)(OC)OC.[N-]=[N+]=N[SiH3]. The highest BCUT2D eigenvalue weighted by atomic mass is 32.2. The maximum absolute atomic E-state index is 11.5. The van der Waals surface area contributed by atoms with Gasteiger partial charge < -0.3 is 13.3 Å². The molecule has 0 bridgehead atoms. The van der Waals surface area contributed by atoms with Crippen LogP contribution < -0.4 is 0 Å². The standard InChI is InChI=1S/C11H17N3O5SSi.H3N3Si/c1-17-21(18-2,19-3)9-8-10-4-6-11(7-5-10)20(15,16)14-13-12;1-2-3-4/h4-7H,8-9H2,1-3H3;4H3. The van der Waals surface area contributed by atoms with Crippen molar-refractivity contribution in [2.24, 2.45) is 9.30 Å². The molecule has 1 aromatic rings. The van der Waals surface area contributed by atoms with Crippen molar-refractivity contribution in [3.8, 4) is 0 Å². The summed E-state index contributed by atoms with van der Waals surface area (Å²) in [4.78, 5) is 4.68. The average molecular weight is 405 g/mol. The summed E-state index contributed by atoms with van der Waals surface area (Å²) in [6.45, 7) is 0. The van der Waals surface area contributed by atoms with Crippen molar-refractivity contribution in [3.05, 3.63) is 50.7 Å². The number of aryl methyl sites for hydroxylation is 1. The smallest absolute Gasteiger partial charge is 0.377 e. The fourth-order valence-electron chi connectivity index (χ4n) is 1.78. The third-order valence-electron chi connectivity index (χ3n) is 3.11. The van der Waals surface area contributed by atoms with E-state index >= 15 is 0 Å². The second kappa shape index (κ2) is 11.6. The Morgan fingerprint density at radius 2 is 1.56 bits per heavy atom. The molecule has 0 aliphatic carbocycles. The van der Waals surface area contributed by atoms with Crippen molar-refractivity contribution in [1.29, 1.82) is 0 Å². The van der Waals surface area contributed by atoms with Crippen LogP contribution in [0.25, 0.3) is 20.9 Å². The van der Waals surface area contributed by atoms with Gasteiger partial charge in [-0.25, -0.2) is 8.42 Å². The zero-order chi connectivity index (χ0) is 19.3. The molecule has 0 heterocycles. The van der Waals surface area contributed by atoms with Crippen LogP contribution in [0.2, 0.25) is 6.04 Å². The van der Waals surface area contributed by atoms with Crippen LogP contribution in [0.5, 0.6) is 0 Å². The average Bonchev–Trinajstić information content (AvgIpc) is 2.64. The van der Waals surface area contributed by atoms with Gasteiger partial charge in [0.05, 0.1) is 4.90 Å². The highest BCUT2D eigenvalue weighted by Crippen LogP contribution is 2.19. The summed E-state index contributed by atoms with van der Waals surface area (Å²) in [5, 5.41) is 0. The minimum atomic E-state index is -3.94. The molecule has 0 spiro atoms. The summed E-state index contributed by atoms with van der Waals surface area (Å²) in [6.07, 6.45) is 0.615. The number of sulfonamides is 1. The molecule has 11 nitrogen and oxygen atoms in total. The summed E-state index contributed by atoms with van der Waals surface area (Å²) in [5.74, 6) is 0. The molecule has 0 fully saturated rings. The molecule has 1 aromatic carbocycles. The topological polar surface area (TPSA) is 159 Å². The summed E-state index contributed by atoms with van der Waals surface area (Å²) < 4.78 is 44.8. The van der Waals surface area contributed by atoms with Crippen molar-refractivity contribution in [2.75, 3.05) is 21.3 Å². The van der Waals surface area contributed by atoms with E-state index in [9.17, 15) is 8.42 Å². The quantitative estimate of drug-likeness (QED) is 0.278. The molecule has 0 aliphatic rings. The van der Waals surface area contributed by atoms with E-state index in [1.54, 1.807) is 12.1 Å². The van der Waals surface area contributed by atoms with Crippen molar-refractivity contribution >= 4 is 29.2 Å². The summed E-state index contributed by atoms with van der Waals surface area (Å²) in [5.41, 5.74) is 16.5. The predicted molar refractivity (Wildman–Crippen MR) is 97.2 cm³/mol. The fourth-order valence-corrected chi connectivity index (χ4v) is 4.15. The molecule has 0 unspecified atom stereocenters. The van der Waals surface area contributed by atoms with Crippen molar-refractivity contribution in [3.63, 3.8) is 0 Å². The fraction of sp³-hybridized carbons (Fsp3) is 0.455. The van der Waals surface area contributed by atoms with Gasteiger partial charge in [0.1, 0.15) is 10.4 Å². The van der Waals surface area contributed by atoms with E-state index in [2.05, 4.69) is 19.1 Å². The molecular formula is C11H20N6O5SSi2. The highest BCUT2D eigenvalue weighted by Gasteiger charge is 2.37. The number of hydrogen-bond acceptors (Lipinski definition) is 6. The van der Waals surface area contributed by atoms with Crippen LogP contribution in [-0.4, -0.2) is 49.0 Å². The van der Waals surface area contributed by atoms with Gasteiger partial charge in [-0.3, -0.25) is 0 Å². The lowest BCUT2D eigenvalue weighted by Gasteiger charge is -2.24. The van der Waals surface area contributed by atoms with E-state index in [0.717, 1.165) is 5.56 Å². The Balaban J connectivity index is 0.00000129. The largest absolute Gasteiger partial charge is 0.500 e. The van der Waals surface area contributed by atoms with E-state index in [-0.39, 0.29) is 4.90 Å². The van der Waals surface area contributed by atoms with Gasteiger partial charge in [0.25, 0.3) is 10.0 Å². The number of nitrogens with zero attached hydrogens (tertiary/aromatic N) is 6. The molecule has 0 aliphatic heterocycles. The van der Waals surface area contributed by atoms with E-state index < -0.39 is 18.8 Å². The van der Waals surface area contributed by atoms with Crippen LogP contribution in [0.15, 0.2) is 38.5 Å². The van der Waals surface area contributed by atoms with Gasteiger partial charge in [-0.2, -0.15) is 0 Å². The maximum Gasteiger partial charge on any atom is 0.500 e. The molecule has 14 heteroatoms. The zero-order valence-electron chi connectivity index (χ0n) is 14.4. The van der Waals surface area contributed by atoms with Gasteiger partial charge >= 0.3 is 8.80 Å². The van der Waals surface area contributed by atoms with Gasteiger partial charge in [-0.05, 0) is 40.1 Å². The zero-order valence-corrected chi connectivity index (χ0v) is 18.2. The molecule has 0 amide bonds. The summed E-state index contributed by atoms with van der Waals surface area (Å²) in [6, 6.07) is 6.67. The first-order chi connectivity index (χ1) is 11.8. The first-order valence-electron chi connectivity index (χ1n) is 6.83. The lowest BCUT2D eigenvalue weighted by molar-refractivity contribution is 0.123. The van der Waals surface area contributed by atoms with Crippen LogP contribution in [0, 0.1) is 0 Å². The van der Waals surface area contributed by atoms with Gasteiger partial charge in [0, 0.05) is 36.8 Å². The molecular weight excluding hydrogens is 384 g/mol.